The van der Waals surface area contributed by atoms with Crippen LogP contribution in [-0.4, -0.2) is 51.9 Å². The molecule has 1 aliphatic carbocycles. The monoisotopic (exact) mass is 288 g/mol. The minimum Gasteiger partial charge on any atom is -0.505 e. The summed E-state index contributed by atoms with van der Waals surface area (Å²) < 4.78 is 13.8. The van der Waals surface area contributed by atoms with Crippen molar-refractivity contribution in [2.45, 2.75) is 38.6 Å². The van der Waals surface area contributed by atoms with Gasteiger partial charge in [0.25, 0.3) is 5.76 Å². The van der Waals surface area contributed by atoms with Gasteiger partial charge in [-0.3, -0.25) is 0 Å². The Morgan fingerprint density at radius 2 is 2.00 bits per heavy atom. The van der Waals surface area contributed by atoms with Crippen molar-refractivity contribution in [2.24, 2.45) is 5.41 Å². The number of esters is 1. The fourth-order valence-corrected chi connectivity index (χ4v) is 2.29. The van der Waals surface area contributed by atoms with Crippen molar-refractivity contribution in [3.05, 3.63) is 11.5 Å². The van der Waals surface area contributed by atoms with Gasteiger partial charge in [-0.25, -0.2) is 9.59 Å². The van der Waals surface area contributed by atoms with Gasteiger partial charge in [0.05, 0.1) is 12.7 Å². The van der Waals surface area contributed by atoms with Crippen molar-refractivity contribution < 1.29 is 39.1 Å². The molecule has 0 aromatic heterocycles. The quantitative estimate of drug-likeness (QED) is 0.619. The number of aliphatic hydroxyl groups is 3. The van der Waals surface area contributed by atoms with Crippen molar-refractivity contribution in [3.63, 3.8) is 0 Å². The lowest BCUT2D eigenvalue weighted by atomic mass is 10.0. The summed E-state index contributed by atoms with van der Waals surface area (Å²) in [5.41, 5.74) is -2.79. The Labute approximate surface area is 114 Å². The third-order valence-corrected chi connectivity index (χ3v) is 3.79. The Balaban J connectivity index is 2.22. The van der Waals surface area contributed by atoms with Crippen LogP contribution in [0.5, 0.6) is 0 Å². The highest BCUT2D eigenvalue weighted by Crippen LogP contribution is 2.60. The molecule has 3 N–H and O–H groups in total. The standard InChI is InChI=1S/C12H16O8/c1-4-18-10(16)19-6-5(13)7(20-8(6)14)12(17)9(15)11(12,2)3/h7,9,13,15,17H,4H2,1-3H3/t7-,9?,12+/m0/s1. The van der Waals surface area contributed by atoms with Gasteiger partial charge in [-0.1, -0.05) is 13.8 Å². The minimum absolute atomic E-state index is 0.0288. The number of aliphatic hydroxyl groups excluding tert-OH is 2. The van der Waals surface area contributed by atoms with Crippen LogP contribution in [-0.2, 0) is 19.0 Å². The fraction of sp³-hybridized carbons (Fsp3) is 0.667. The van der Waals surface area contributed by atoms with Gasteiger partial charge in [0.15, 0.2) is 11.9 Å². The van der Waals surface area contributed by atoms with E-state index in [1.54, 1.807) is 13.8 Å². The molecule has 0 spiro atoms. The van der Waals surface area contributed by atoms with Crippen molar-refractivity contribution >= 4 is 12.1 Å². The molecule has 8 heteroatoms. The lowest BCUT2D eigenvalue weighted by Gasteiger charge is -2.19. The summed E-state index contributed by atoms with van der Waals surface area (Å²) in [6, 6.07) is 0. The van der Waals surface area contributed by atoms with Gasteiger partial charge in [0, 0.05) is 5.41 Å². The number of carbonyl (C=O) groups is 2. The summed E-state index contributed by atoms with van der Waals surface area (Å²) in [6.07, 6.45) is -3.84. The second-order valence-electron chi connectivity index (χ2n) is 5.23. The SMILES string of the molecule is CCOC(=O)OC1=C(O)[C@@H]([C@@]2(O)C(O)C2(C)C)OC1=O. The molecule has 0 bridgehead atoms. The maximum Gasteiger partial charge on any atom is 0.514 e. The summed E-state index contributed by atoms with van der Waals surface area (Å²) in [4.78, 5) is 22.7. The van der Waals surface area contributed by atoms with E-state index in [0.717, 1.165) is 0 Å². The summed E-state index contributed by atoms with van der Waals surface area (Å²) in [5, 5.41) is 29.9. The third kappa shape index (κ3) is 1.75. The molecule has 3 atom stereocenters. The van der Waals surface area contributed by atoms with E-state index in [4.69, 9.17) is 4.74 Å². The van der Waals surface area contributed by atoms with Gasteiger partial charge in [0.1, 0.15) is 5.60 Å². The van der Waals surface area contributed by atoms with Crippen molar-refractivity contribution in [3.8, 4) is 0 Å². The lowest BCUT2D eigenvalue weighted by molar-refractivity contribution is -0.150. The smallest absolute Gasteiger partial charge is 0.505 e. The maximum atomic E-state index is 11.6. The van der Waals surface area contributed by atoms with E-state index >= 15 is 0 Å². The van der Waals surface area contributed by atoms with Gasteiger partial charge in [-0.2, -0.15) is 0 Å². The number of hydrogen-bond acceptors (Lipinski definition) is 8. The van der Waals surface area contributed by atoms with E-state index in [0.29, 0.717) is 0 Å². The molecule has 112 valence electrons. The Morgan fingerprint density at radius 3 is 2.45 bits per heavy atom. The van der Waals surface area contributed by atoms with Crippen LogP contribution in [0.2, 0.25) is 0 Å². The molecular weight excluding hydrogens is 272 g/mol. The van der Waals surface area contributed by atoms with Crippen LogP contribution in [0.15, 0.2) is 11.5 Å². The number of carbonyl (C=O) groups excluding carboxylic acids is 2. The molecule has 0 amide bonds. The van der Waals surface area contributed by atoms with Crippen LogP contribution in [0.25, 0.3) is 0 Å². The topological polar surface area (TPSA) is 123 Å². The minimum atomic E-state index is -1.83. The van der Waals surface area contributed by atoms with Crippen molar-refractivity contribution in [1.29, 1.82) is 0 Å². The van der Waals surface area contributed by atoms with Gasteiger partial charge < -0.3 is 29.5 Å². The highest BCUT2D eigenvalue weighted by atomic mass is 16.7. The number of cyclic esters (lactones) is 1. The van der Waals surface area contributed by atoms with Crippen LogP contribution in [0.4, 0.5) is 4.79 Å². The highest BCUT2D eigenvalue weighted by molar-refractivity contribution is 5.92. The van der Waals surface area contributed by atoms with Crippen molar-refractivity contribution in [2.75, 3.05) is 6.61 Å². The Hall–Kier alpha value is -1.80. The van der Waals surface area contributed by atoms with Gasteiger partial charge in [-0.05, 0) is 6.92 Å². The molecule has 1 fully saturated rings. The average Bonchev–Trinajstić information content (AvgIpc) is 2.64. The van der Waals surface area contributed by atoms with Crippen LogP contribution in [0, 0.1) is 5.41 Å². The first kappa shape index (κ1) is 14.6. The maximum absolute atomic E-state index is 11.6. The molecule has 1 saturated carbocycles. The summed E-state index contributed by atoms with van der Waals surface area (Å²) in [6.45, 7) is 4.66. The Bertz CT molecular complexity index is 494. The van der Waals surface area contributed by atoms with E-state index < -0.39 is 46.9 Å². The van der Waals surface area contributed by atoms with E-state index in [2.05, 4.69) is 9.47 Å². The molecule has 0 radical (unpaired) electrons. The Morgan fingerprint density at radius 1 is 1.45 bits per heavy atom. The predicted molar refractivity (Wildman–Crippen MR) is 62.4 cm³/mol. The van der Waals surface area contributed by atoms with E-state index in [-0.39, 0.29) is 6.61 Å². The van der Waals surface area contributed by atoms with Gasteiger partial charge >= 0.3 is 12.1 Å². The highest BCUT2D eigenvalue weighted by Gasteiger charge is 2.77. The molecule has 8 nitrogen and oxygen atoms in total. The molecule has 20 heavy (non-hydrogen) atoms. The zero-order chi connectivity index (χ0) is 15.3. The molecule has 0 saturated heterocycles. The molecule has 1 unspecified atom stereocenters. The largest absolute Gasteiger partial charge is 0.514 e. The first-order valence-electron chi connectivity index (χ1n) is 6.07. The zero-order valence-electron chi connectivity index (χ0n) is 11.2. The molecule has 1 aliphatic heterocycles. The molecule has 0 aromatic carbocycles. The van der Waals surface area contributed by atoms with Crippen molar-refractivity contribution in [1.82, 2.24) is 0 Å². The lowest BCUT2D eigenvalue weighted by Crippen LogP contribution is -2.36. The van der Waals surface area contributed by atoms with Crippen LogP contribution in [0.3, 0.4) is 0 Å². The molecular formula is C12H16O8. The second kappa shape index (κ2) is 4.35. The van der Waals surface area contributed by atoms with E-state index in [1.807, 2.05) is 0 Å². The molecule has 1 heterocycles. The van der Waals surface area contributed by atoms with Crippen LogP contribution in [0.1, 0.15) is 20.8 Å². The number of rotatable bonds is 3. The number of hydrogen-bond donors (Lipinski definition) is 3. The van der Waals surface area contributed by atoms with Gasteiger partial charge in [-0.15, -0.1) is 0 Å². The summed E-state index contributed by atoms with van der Waals surface area (Å²) >= 11 is 0. The first-order chi connectivity index (χ1) is 9.17. The van der Waals surface area contributed by atoms with Gasteiger partial charge in [0.2, 0.25) is 0 Å². The average molecular weight is 288 g/mol. The fourth-order valence-electron chi connectivity index (χ4n) is 2.29. The second-order valence-corrected chi connectivity index (χ2v) is 5.23. The molecule has 0 aromatic rings. The first-order valence-corrected chi connectivity index (χ1v) is 6.07. The number of ether oxygens (including phenoxy) is 3. The predicted octanol–water partition coefficient (Wildman–Crippen LogP) is -0.0137. The molecule has 2 aliphatic rings. The Kier molecular flexibility index (Phi) is 3.18. The summed E-state index contributed by atoms with van der Waals surface area (Å²) in [5.74, 6) is -2.59. The van der Waals surface area contributed by atoms with Crippen LogP contribution >= 0.6 is 0 Å². The zero-order valence-corrected chi connectivity index (χ0v) is 11.2. The van der Waals surface area contributed by atoms with E-state index in [1.165, 1.54) is 6.92 Å². The molecule has 2 rings (SSSR count). The normalized spacial score (nSPS) is 34.8. The van der Waals surface area contributed by atoms with Crippen LogP contribution < -0.4 is 0 Å². The third-order valence-electron chi connectivity index (χ3n) is 3.79. The summed E-state index contributed by atoms with van der Waals surface area (Å²) in [7, 11) is 0. The van der Waals surface area contributed by atoms with E-state index in [9.17, 15) is 24.9 Å².